The van der Waals surface area contributed by atoms with E-state index in [2.05, 4.69) is 109 Å². The van der Waals surface area contributed by atoms with Crippen LogP contribution < -0.4 is 5.32 Å². The fraction of sp³-hybridized carbons (Fsp3) is 0.321. The SMILES string of the molecule is CCN(CC)CCCC(C)Nc1cc(/C=C/c2c[nH]c3ccccc23)nc2ccccc12. The average Bonchev–Trinajstić information content (AvgIpc) is 3.24. The molecule has 2 heterocycles. The van der Waals surface area contributed by atoms with Crippen LogP contribution in [-0.4, -0.2) is 40.5 Å². The lowest BCUT2D eigenvalue weighted by molar-refractivity contribution is 0.295. The van der Waals surface area contributed by atoms with Gasteiger partial charge in [0.15, 0.2) is 0 Å². The summed E-state index contributed by atoms with van der Waals surface area (Å²) in [5.74, 6) is 0. The van der Waals surface area contributed by atoms with Gasteiger partial charge in [-0.1, -0.05) is 56.3 Å². The van der Waals surface area contributed by atoms with Gasteiger partial charge in [0.1, 0.15) is 0 Å². The topological polar surface area (TPSA) is 44.0 Å². The maximum absolute atomic E-state index is 4.89. The summed E-state index contributed by atoms with van der Waals surface area (Å²) in [6.45, 7) is 10.2. The first-order valence-corrected chi connectivity index (χ1v) is 11.8. The van der Waals surface area contributed by atoms with Gasteiger partial charge in [0.2, 0.25) is 0 Å². The van der Waals surface area contributed by atoms with Crippen molar-refractivity contribution in [2.24, 2.45) is 0 Å². The number of benzene rings is 2. The van der Waals surface area contributed by atoms with Gasteiger partial charge >= 0.3 is 0 Å². The van der Waals surface area contributed by atoms with Crippen LogP contribution in [0.1, 0.15) is 44.9 Å². The predicted octanol–water partition coefficient (Wildman–Crippen LogP) is 6.81. The highest BCUT2D eigenvalue weighted by Crippen LogP contribution is 2.26. The first-order valence-electron chi connectivity index (χ1n) is 11.8. The van der Waals surface area contributed by atoms with E-state index in [9.17, 15) is 0 Å². The summed E-state index contributed by atoms with van der Waals surface area (Å²) in [4.78, 5) is 10.7. The number of nitrogens with one attached hydrogen (secondary N) is 2. The molecule has 0 saturated heterocycles. The molecule has 2 aromatic carbocycles. The number of hydrogen-bond donors (Lipinski definition) is 2. The molecule has 2 aromatic heterocycles. The second kappa shape index (κ2) is 10.5. The highest BCUT2D eigenvalue weighted by Gasteiger charge is 2.09. The van der Waals surface area contributed by atoms with Crippen molar-refractivity contribution >= 4 is 39.6 Å². The Morgan fingerprint density at radius 1 is 1.00 bits per heavy atom. The van der Waals surface area contributed by atoms with Gasteiger partial charge in [0, 0.05) is 34.2 Å². The summed E-state index contributed by atoms with van der Waals surface area (Å²) in [6.07, 6.45) is 8.66. The van der Waals surface area contributed by atoms with E-state index in [-0.39, 0.29) is 0 Å². The number of pyridine rings is 1. The van der Waals surface area contributed by atoms with Gasteiger partial charge in [-0.2, -0.15) is 0 Å². The van der Waals surface area contributed by atoms with Crippen LogP contribution in [0.2, 0.25) is 0 Å². The van der Waals surface area contributed by atoms with Crippen LogP contribution >= 0.6 is 0 Å². The van der Waals surface area contributed by atoms with E-state index in [1.54, 1.807) is 0 Å². The smallest absolute Gasteiger partial charge is 0.0730 e. The van der Waals surface area contributed by atoms with Crippen LogP contribution in [0.4, 0.5) is 5.69 Å². The fourth-order valence-corrected chi connectivity index (χ4v) is 4.31. The minimum absolute atomic E-state index is 0.404. The van der Waals surface area contributed by atoms with Crippen molar-refractivity contribution in [1.82, 2.24) is 14.9 Å². The Kier molecular flexibility index (Phi) is 7.23. The fourth-order valence-electron chi connectivity index (χ4n) is 4.31. The van der Waals surface area contributed by atoms with Crippen LogP contribution in [0.3, 0.4) is 0 Å². The second-order valence-electron chi connectivity index (χ2n) is 8.45. The molecule has 0 amide bonds. The molecule has 0 fully saturated rings. The lowest BCUT2D eigenvalue weighted by atomic mass is 10.1. The molecule has 166 valence electrons. The van der Waals surface area contributed by atoms with E-state index < -0.39 is 0 Å². The number of H-pyrrole nitrogens is 1. The standard InChI is InChI=1S/C28H34N4/c1-4-32(5-2)18-10-11-21(3)30-28-19-23(31-27-15-9-7-13-25(27)28)17-16-22-20-29-26-14-8-6-12-24(22)26/h6-9,12-17,19-21,29H,4-5,10-11,18H2,1-3H3,(H,30,31)/b17-16+. The van der Waals surface area contributed by atoms with Crippen molar-refractivity contribution in [3.8, 4) is 0 Å². The third-order valence-corrected chi connectivity index (χ3v) is 6.20. The third kappa shape index (κ3) is 5.20. The highest BCUT2D eigenvalue weighted by molar-refractivity contribution is 5.94. The van der Waals surface area contributed by atoms with Crippen molar-refractivity contribution in [3.05, 3.63) is 72.1 Å². The Hall–Kier alpha value is -3.11. The highest BCUT2D eigenvalue weighted by atomic mass is 15.1. The molecule has 0 bridgehead atoms. The molecule has 0 aliphatic rings. The largest absolute Gasteiger partial charge is 0.382 e. The average molecular weight is 427 g/mol. The molecule has 32 heavy (non-hydrogen) atoms. The van der Waals surface area contributed by atoms with E-state index in [1.165, 1.54) is 22.8 Å². The zero-order chi connectivity index (χ0) is 22.3. The maximum Gasteiger partial charge on any atom is 0.0730 e. The van der Waals surface area contributed by atoms with Gasteiger partial charge in [-0.05, 0) is 69.2 Å². The quantitative estimate of drug-likeness (QED) is 0.293. The van der Waals surface area contributed by atoms with Crippen LogP contribution in [0.5, 0.6) is 0 Å². The number of para-hydroxylation sites is 2. The molecule has 1 unspecified atom stereocenters. The summed E-state index contributed by atoms with van der Waals surface area (Å²) < 4.78 is 0. The van der Waals surface area contributed by atoms with Gasteiger partial charge in [-0.25, -0.2) is 4.98 Å². The molecular weight excluding hydrogens is 392 g/mol. The number of fused-ring (bicyclic) bond motifs is 2. The molecule has 0 radical (unpaired) electrons. The van der Waals surface area contributed by atoms with E-state index in [4.69, 9.17) is 4.98 Å². The number of aromatic nitrogens is 2. The van der Waals surface area contributed by atoms with Crippen molar-refractivity contribution in [2.45, 2.75) is 39.7 Å². The molecular formula is C28H34N4. The van der Waals surface area contributed by atoms with E-state index in [1.807, 2.05) is 0 Å². The van der Waals surface area contributed by atoms with Gasteiger partial charge in [-0.15, -0.1) is 0 Å². The first-order chi connectivity index (χ1) is 15.7. The van der Waals surface area contributed by atoms with Gasteiger partial charge in [0.05, 0.1) is 11.2 Å². The summed E-state index contributed by atoms with van der Waals surface area (Å²) in [5, 5.41) is 6.16. The Bertz CT molecular complexity index is 1190. The van der Waals surface area contributed by atoms with Crippen molar-refractivity contribution in [1.29, 1.82) is 0 Å². The second-order valence-corrected chi connectivity index (χ2v) is 8.45. The van der Waals surface area contributed by atoms with Crippen molar-refractivity contribution in [2.75, 3.05) is 25.0 Å². The number of rotatable bonds is 10. The molecule has 0 spiro atoms. The van der Waals surface area contributed by atoms with E-state index in [0.29, 0.717) is 6.04 Å². The van der Waals surface area contributed by atoms with Gasteiger partial charge < -0.3 is 15.2 Å². The molecule has 4 nitrogen and oxygen atoms in total. The molecule has 4 rings (SSSR count). The number of hydrogen-bond acceptors (Lipinski definition) is 3. The summed E-state index contributed by atoms with van der Waals surface area (Å²) in [5.41, 5.74) is 5.47. The van der Waals surface area contributed by atoms with Crippen LogP contribution in [0.15, 0.2) is 60.8 Å². The van der Waals surface area contributed by atoms with Crippen LogP contribution in [-0.2, 0) is 0 Å². The molecule has 4 heteroatoms. The van der Waals surface area contributed by atoms with Crippen molar-refractivity contribution < 1.29 is 0 Å². The minimum atomic E-state index is 0.404. The maximum atomic E-state index is 4.89. The zero-order valence-corrected chi connectivity index (χ0v) is 19.4. The number of anilines is 1. The molecule has 4 aromatic rings. The summed E-state index contributed by atoms with van der Waals surface area (Å²) in [7, 11) is 0. The molecule has 0 aliphatic carbocycles. The normalized spacial score (nSPS) is 12.9. The number of aromatic amines is 1. The van der Waals surface area contributed by atoms with Crippen LogP contribution in [0.25, 0.3) is 34.0 Å². The first kappa shape index (κ1) is 22.1. The predicted molar refractivity (Wildman–Crippen MR) is 139 cm³/mol. The molecule has 1 atom stereocenters. The van der Waals surface area contributed by atoms with Crippen molar-refractivity contribution in [3.63, 3.8) is 0 Å². The lowest BCUT2D eigenvalue weighted by Crippen LogP contribution is -2.25. The summed E-state index contributed by atoms with van der Waals surface area (Å²) in [6, 6.07) is 19.3. The van der Waals surface area contributed by atoms with E-state index >= 15 is 0 Å². The van der Waals surface area contributed by atoms with Gasteiger partial charge in [0.25, 0.3) is 0 Å². The lowest BCUT2D eigenvalue weighted by Gasteiger charge is -2.21. The van der Waals surface area contributed by atoms with E-state index in [0.717, 1.165) is 48.5 Å². The summed E-state index contributed by atoms with van der Waals surface area (Å²) >= 11 is 0. The molecule has 2 N–H and O–H groups in total. The Balaban J connectivity index is 1.53. The Labute approximate surface area is 191 Å². The number of nitrogens with zero attached hydrogens (tertiary/aromatic N) is 2. The third-order valence-electron chi connectivity index (χ3n) is 6.20. The Morgan fingerprint density at radius 3 is 2.56 bits per heavy atom. The Morgan fingerprint density at radius 2 is 1.75 bits per heavy atom. The minimum Gasteiger partial charge on any atom is -0.382 e. The van der Waals surface area contributed by atoms with Gasteiger partial charge in [-0.3, -0.25) is 0 Å². The molecule has 0 aliphatic heterocycles. The monoisotopic (exact) mass is 426 g/mol. The zero-order valence-electron chi connectivity index (χ0n) is 19.4. The van der Waals surface area contributed by atoms with Crippen LogP contribution in [0, 0.1) is 0 Å². The molecule has 0 saturated carbocycles.